The van der Waals surface area contributed by atoms with Gasteiger partial charge in [-0.15, -0.1) is 0 Å². The third kappa shape index (κ3) is 2.73. The third-order valence-electron chi connectivity index (χ3n) is 5.33. The molecule has 0 heterocycles. The van der Waals surface area contributed by atoms with Gasteiger partial charge in [0.05, 0.1) is 0 Å². The van der Waals surface area contributed by atoms with E-state index in [9.17, 15) is 4.79 Å². The molecule has 3 aromatic rings. The molecule has 0 saturated carbocycles. The molecule has 0 aliphatic rings. The maximum atomic E-state index is 12.1. The topological polar surface area (TPSA) is 17.1 Å². The standard InChI is InChI=1S/C23H25OP/c1-2-19-25(20-18-24,21-12-6-3-7-13-21,22-14-8-4-9-15-22)23-16-10-5-11-17-23/h3-18H,2,19-20H2,1H3. The minimum atomic E-state index is -2.85. The van der Waals surface area contributed by atoms with Crippen molar-refractivity contribution in [3.63, 3.8) is 0 Å². The van der Waals surface area contributed by atoms with Gasteiger partial charge in [-0.1, -0.05) is 0 Å². The predicted molar refractivity (Wildman–Crippen MR) is 111 cm³/mol. The van der Waals surface area contributed by atoms with E-state index < -0.39 is 6.60 Å². The molecule has 0 atom stereocenters. The molecule has 128 valence electrons. The first kappa shape index (κ1) is 17.6. The van der Waals surface area contributed by atoms with Gasteiger partial charge < -0.3 is 0 Å². The first-order valence-electron chi connectivity index (χ1n) is 8.89. The number of aldehydes is 1. The predicted octanol–water partition coefficient (Wildman–Crippen LogP) is 4.13. The van der Waals surface area contributed by atoms with Crippen molar-refractivity contribution in [3.05, 3.63) is 91.0 Å². The van der Waals surface area contributed by atoms with Crippen molar-refractivity contribution in [2.24, 2.45) is 0 Å². The summed E-state index contributed by atoms with van der Waals surface area (Å²) in [5, 5.41) is 3.92. The minimum absolute atomic E-state index is 0.553. The van der Waals surface area contributed by atoms with E-state index in [1.165, 1.54) is 15.9 Å². The zero-order chi connectivity index (χ0) is 17.6. The van der Waals surface area contributed by atoms with Gasteiger partial charge in [-0.3, -0.25) is 0 Å². The van der Waals surface area contributed by atoms with Crippen LogP contribution >= 0.6 is 6.60 Å². The number of rotatable bonds is 7. The fourth-order valence-corrected chi connectivity index (χ4v) is 10.7. The number of benzene rings is 3. The average molecular weight is 348 g/mol. The van der Waals surface area contributed by atoms with Crippen molar-refractivity contribution in [3.8, 4) is 0 Å². The van der Waals surface area contributed by atoms with Crippen molar-refractivity contribution < 1.29 is 4.79 Å². The van der Waals surface area contributed by atoms with Crippen LogP contribution in [-0.4, -0.2) is 18.6 Å². The van der Waals surface area contributed by atoms with Crippen LogP contribution in [0.4, 0.5) is 0 Å². The summed E-state index contributed by atoms with van der Waals surface area (Å²) < 4.78 is 0. The molecule has 0 unspecified atom stereocenters. The van der Waals surface area contributed by atoms with Gasteiger partial charge in [-0.25, -0.2) is 0 Å². The second-order valence-corrected chi connectivity index (χ2v) is 12.0. The Morgan fingerprint density at radius 1 is 0.680 bits per heavy atom. The van der Waals surface area contributed by atoms with Crippen LogP contribution in [0.25, 0.3) is 0 Å². The molecule has 0 saturated heterocycles. The number of hydrogen-bond donors (Lipinski definition) is 0. The number of carbonyl (C=O) groups excluding carboxylic acids is 1. The molecule has 25 heavy (non-hydrogen) atoms. The molecular weight excluding hydrogens is 323 g/mol. The Kier molecular flexibility index (Phi) is 5.16. The summed E-state index contributed by atoms with van der Waals surface area (Å²) in [5.41, 5.74) is 0. The van der Waals surface area contributed by atoms with Gasteiger partial charge in [0.25, 0.3) is 0 Å². The van der Waals surface area contributed by atoms with E-state index >= 15 is 0 Å². The van der Waals surface area contributed by atoms with Crippen molar-refractivity contribution in [2.75, 3.05) is 12.3 Å². The molecule has 0 aliphatic carbocycles. The molecule has 1 nitrogen and oxygen atoms in total. The average Bonchev–Trinajstić information content (AvgIpc) is 2.70. The first-order chi connectivity index (χ1) is 12.3. The van der Waals surface area contributed by atoms with E-state index in [1.54, 1.807) is 0 Å². The molecule has 3 rings (SSSR count). The van der Waals surface area contributed by atoms with Crippen LogP contribution in [0.5, 0.6) is 0 Å². The summed E-state index contributed by atoms with van der Waals surface area (Å²) in [6.45, 7) is -0.629. The Balaban J connectivity index is 2.50. The first-order valence-corrected chi connectivity index (χ1v) is 11.5. The molecule has 0 aliphatic heterocycles. The van der Waals surface area contributed by atoms with Crippen molar-refractivity contribution >= 4 is 28.8 Å². The van der Waals surface area contributed by atoms with Gasteiger partial charge in [-0.05, 0) is 0 Å². The summed E-state index contributed by atoms with van der Waals surface area (Å²) in [5.74, 6) is 0. The summed E-state index contributed by atoms with van der Waals surface area (Å²) in [6.07, 6.45) is 3.73. The van der Waals surface area contributed by atoms with Gasteiger partial charge in [-0.2, -0.15) is 0 Å². The molecule has 0 N–H and O–H groups in total. The second kappa shape index (κ2) is 7.33. The fourth-order valence-electron chi connectivity index (χ4n) is 4.26. The normalized spacial score (nSPS) is 12.9. The zero-order valence-electron chi connectivity index (χ0n) is 14.7. The van der Waals surface area contributed by atoms with E-state index in [-0.39, 0.29) is 0 Å². The Hall–Kier alpha value is -2.24. The summed E-state index contributed by atoms with van der Waals surface area (Å²) >= 11 is 0. The van der Waals surface area contributed by atoms with E-state index in [4.69, 9.17) is 0 Å². The van der Waals surface area contributed by atoms with Gasteiger partial charge >= 0.3 is 150 Å². The van der Waals surface area contributed by atoms with Crippen LogP contribution in [0.2, 0.25) is 0 Å². The van der Waals surface area contributed by atoms with Crippen LogP contribution in [0, 0.1) is 0 Å². The molecular formula is C23H25OP. The molecule has 0 amide bonds. The van der Waals surface area contributed by atoms with E-state index in [1.807, 2.05) is 0 Å². The molecule has 3 aromatic carbocycles. The fraction of sp³-hybridized carbons (Fsp3) is 0.174. The molecule has 0 aromatic heterocycles. The van der Waals surface area contributed by atoms with E-state index in [2.05, 4.69) is 97.9 Å². The molecule has 0 radical (unpaired) electrons. The zero-order valence-corrected chi connectivity index (χ0v) is 15.6. The molecule has 2 heteroatoms. The maximum absolute atomic E-state index is 12.1. The SMILES string of the molecule is CCCP(CC=O)(c1ccccc1)(c1ccccc1)c1ccccc1. The molecule has 0 bridgehead atoms. The van der Waals surface area contributed by atoms with Gasteiger partial charge in [0, 0.05) is 0 Å². The molecule has 0 spiro atoms. The Labute approximate surface area is 150 Å². The Bertz CT molecular complexity index is 713. The molecule has 0 fully saturated rings. The Morgan fingerprint density at radius 2 is 1.04 bits per heavy atom. The van der Waals surface area contributed by atoms with Crippen molar-refractivity contribution in [1.82, 2.24) is 0 Å². The van der Waals surface area contributed by atoms with Crippen LogP contribution in [0.1, 0.15) is 13.3 Å². The van der Waals surface area contributed by atoms with Gasteiger partial charge in [0.2, 0.25) is 0 Å². The van der Waals surface area contributed by atoms with E-state index in [0.717, 1.165) is 18.9 Å². The van der Waals surface area contributed by atoms with Crippen LogP contribution < -0.4 is 15.9 Å². The number of hydrogen-bond acceptors (Lipinski definition) is 1. The second-order valence-electron chi connectivity index (χ2n) is 6.59. The number of carbonyl (C=O) groups is 1. The monoisotopic (exact) mass is 348 g/mol. The Morgan fingerprint density at radius 3 is 1.32 bits per heavy atom. The van der Waals surface area contributed by atoms with Crippen molar-refractivity contribution in [2.45, 2.75) is 13.3 Å². The van der Waals surface area contributed by atoms with Crippen LogP contribution in [0.3, 0.4) is 0 Å². The summed E-state index contributed by atoms with van der Waals surface area (Å²) in [7, 11) is 0. The van der Waals surface area contributed by atoms with Gasteiger partial charge in [0.1, 0.15) is 0 Å². The summed E-state index contributed by atoms with van der Waals surface area (Å²) in [4.78, 5) is 12.1. The van der Waals surface area contributed by atoms with Crippen LogP contribution in [-0.2, 0) is 4.79 Å². The summed E-state index contributed by atoms with van der Waals surface area (Å²) in [6, 6.07) is 32.1. The third-order valence-corrected chi connectivity index (χ3v) is 12.4. The van der Waals surface area contributed by atoms with E-state index in [0.29, 0.717) is 6.16 Å². The van der Waals surface area contributed by atoms with Crippen LogP contribution in [0.15, 0.2) is 91.0 Å². The quantitative estimate of drug-likeness (QED) is 0.464. The van der Waals surface area contributed by atoms with Gasteiger partial charge in [0.15, 0.2) is 0 Å². The van der Waals surface area contributed by atoms with Crippen molar-refractivity contribution in [1.29, 1.82) is 0 Å².